The third-order valence-corrected chi connectivity index (χ3v) is 5.28. The van der Waals surface area contributed by atoms with E-state index in [0.29, 0.717) is 18.0 Å². The molecule has 0 aliphatic heterocycles. The molecule has 5 nitrogen and oxygen atoms in total. The highest BCUT2D eigenvalue weighted by Crippen LogP contribution is 2.30. The van der Waals surface area contributed by atoms with E-state index >= 15 is 0 Å². The number of urea groups is 1. The molecular formula is C18H19N3O2S. The van der Waals surface area contributed by atoms with Crippen LogP contribution in [0.25, 0.3) is 10.4 Å². The standard InChI is InChI=1S/C18H19N3O2S/c19-10-15-5-6-16(24-15)14-4-1-3-13(9-14)11-20-17(22)21-12-18(23)7-2-8-18/h1,3-6,9,23H,2,7-8,11-12H2,(H2,20,21,22). The molecule has 1 saturated carbocycles. The van der Waals surface area contributed by atoms with Gasteiger partial charge in [-0.25, -0.2) is 4.79 Å². The van der Waals surface area contributed by atoms with Crippen LogP contribution < -0.4 is 10.6 Å². The Bertz CT molecular complexity index is 775. The monoisotopic (exact) mass is 341 g/mol. The normalized spacial score (nSPS) is 15.2. The first-order valence-corrected chi connectivity index (χ1v) is 8.73. The second-order valence-electron chi connectivity index (χ2n) is 6.09. The first kappa shape index (κ1) is 16.5. The van der Waals surface area contributed by atoms with Gasteiger partial charge in [0.05, 0.1) is 5.60 Å². The summed E-state index contributed by atoms with van der Waals surface area (Å²) in [6, 6.07) is 13.5. The highest BCUT2D eigenvalue weighted by atomic mass is 32.1. The van der Waals surface area contributed by atoms with Gasteiger partial charge in [0.15, 0.2) is 0 Å². The van der Waals surface area contributed by atoms with Crippen molar-refractivity contribution in [2.24, 2.45) is 0 Å². The summed E-state index contributed by atoms with van der Waals surface area (Å²) >= 11 is 1.45. The van der Waals surface area contributed by atoms with Crippen molar-refractivity contribution >= 4 is 17.4 Å². The van der Waals surface area contributed by atoms with Crippen molar-refractivity contribution in [3.8, 4) is 16.5 Å². The molecule has 6 heteroatoms. The number of thiophene rings is 1. The Kier molecular flexibility index (Phi) is 4.84. The fourth-order valence-electron chi connectivity index (χ4n) is 2.64. The lowest BCUT2D eigenvalue weighted by atomic mass is 9.80. The predicted molar refractivity (Wildman–Crippen MR) is 93.5 cm³/mol. The molecule has 0 spiro atoms. The van der Waals surface area contributed by atoms with E-state index in [-0.39, 0.29) is 6.03 Å². The van der Waals surface area contributed by atoms with Crippen LogP contribution in [0.1, 0.15) is 29.7 Å². The first-order chi connectivity index (χ1) is 11.6. The minimum atomic E-state index is -0.713. The summed E-state index contributed by atoms with van der Waals surface area (Å²) in [5.74, 6) is 0. The topological polar surface area (TPSA) is 85.2 Å². The molecule has 0 atom stereocenters. The van der Waals surface area contributed by atoms with Crippen LogP contribution in [0.3, 0.4) is 0 Å². The molecular weight excluding hydrogens is 322 g/mol. The summed E-state index contributed by atoms with van der Waals surface area (Å²) < 4.78 is 0. The fourth-order valence-corrected chi connectivity index (χ4v) is 3.44. The van der Waals surface area contributed by atoms with Gasteiger partial charge in [0, 0.05) is 18.0 Å². The van der Waals surface area contributed by atoms with Crippen molar-refractivity contribution in [3.05, 3.63) is 46.8 Å². The van der Waals surface area contributed by atoms with E-state index in [9.17, 15) is 9.90 Å². The van der Waals surface area contributed by atoms with Gasteiger partial charge in [-0.15, -0.1) is 11.3 Å². The molecule has 124 valence electrons. The lowest BCUT2D eigenvalue weighted by molar-refractivity contribution is -0.0290. The Hall–Kier alpha value is -2.36. The Morgan fingerprint density at radius 3 is 2.79 bits per heavy atom. The predicted octanol–water partition coefficient (Wildman–Crippen LogP) is 3.00. The maximum Gasteiger partial charge on any atom is 0.315 e. The van der Waals surface area contributed by atoms with E-state index < -0.39 is 5.60 Å². The minimum Gasteiger partial charge on any atom is -0.388 e. The highest BCUT2D eigenvalue weighted by molar-refractivity contribution is 7.16. The van der Waals surface area contributed by atoms with Crippen LogP contribution >= 0.6 is 11.3 Å². The molecule has 0 unspecified atom stereocenters. The van der Waals surface area contributed by atoms with Crippen molar-refractivity contribution in [1.82, 2.24) is 10.6 Å². The molecule has 3 rings (SSSR count). The average Bonchev–Trinajstić information content (AvgIpc) is 3.06. The van der Waals surface area contributed by atoms with E-state index in [1.165, 1.54) is 11.3 Å². The highest BCUT2D eigenvalue weighted by Gasteiger charge is 2.34. The van der Waals surface area contributed by atoms with Crippen molar-refractivity contribution in [3.63, 3.8) is 0 Å². The third kappa shape index (κ3) is 3.94. The third-order valence-electron chi connectivity index (χ3n) is 4.24. The number of carbonyl (C=O) groups excluding carboxylic acids is 1. The molecule has 2 amide bonds. The Morgan fingerprint density at radius 1 is 1.29 bits per heavy atom. The quantitative estimate of drug-likeness (QED) is 0.781. The molecule has 0 radical (unpaired) electrons. The summed E-state index contributed by atoms with van der Waals surface area (Å²) in [7, 11) is 0. The fraction of sp³-hybridized carbons (Fsp3) is 0.333. The van der Waals surface area contributed by atoms with Crippen LogP contribution in [0.15, 0.2) is 36.4 Å². The Morgan fingerprint density at radius 2 is 2.12 bits per heavy atom. The minimum absolute atomic E-state index is 0.274. The van der Waals surface area contributed by atoms with Gasteiger partial charge in [-0.05, 0) is 48.6 Å². The average molecular weight is 341 g/mol. The van der Waals surface area contributed by atoms with Gasteiger partial charge in [-0.1, -0.05) is 18.2 Å². The van der Waals surface area contributed by atoms with Crippen LogP contribution in [-0.2, 0) is 6.54 Å². The van der Waals surface area contributed by atoms with E-state index in [1.807, 2.05) is 36.4 Å². The largest absolute Gasteiger partial charge is 0.388 e. The molecule has 1 fully saturated rings. The van der Waals surface area contributed by atoms with Crippen LogP contribution in [-0.4, -0.2) is 23.3 Å². The number of rotatable bonds is 5. The van der Waals surface area contributed by atoms with Crippen molar-refractivity contribution in [2.75, 3.05) is 6.54 Å². The molecule has 1 aromatic carbocycles. The molecule has 1 heterocycles. The molecule has 2 aromatic rings. The van der Waals surface area contributed by atoms with Gasteiger partial charge in [0.25, 0.3) is 0 Å². The van der Waals surface area contributed by atoms with E-state index in [0.717, 1.165) is 35.3 Å². The van der Waals surface area contributed by atoms with Gasteiger partial charge >= 0.3 is 6.03 Å². The summed E-state index contributed by atoms with van der Waals surface area (Å²) in [6.07, 6.45) is 2.52. The zero-order chi connectivity index (χ0) is 17.0. The number of aliphatic hydroxyl groups is 1. The van der Waals surface area contributed by atoms with Gasteiger partial charge in [0.2, 0.25) is 0 Å². The SMILES string of the molecule is N#Cc1ccc(-c2cccc(CNC(=O)NCC3(O)CCC3)c2)s1. The van der Waals surface area contributed by atoms with E-state index in [2.05, 4.69) is 16.7 Å². The lowest BCUT2D eigenvalue weighted by Gasteiger charge is -2.36. The molecule has 0 saturated heterocycles. The number of benzene rings is 1. The van der Waals surface area contributed by atoms with Gasteiger partial charge in [-0.2, -0.15) is 5.26 Å². The second-order valence-corrected chi connectivity index (χ2v) is 7.17. The second kappa shape index (κ2) is 7.04. The molecule has 1 aliphatic rings. The van der Waals surface area contributed by atoms with E-state index in [4.69, 9.17) is 5.26 Å². The first-order valence-electron chi connectivity index (χ1n) is 7.91. The van der Waals surface area contributed by atoms with Gasteiger partial charge in [-0.3, -0.25) is 0 Å². The maximum atomic E-state index is 11.8. The van der Waals surface area contributed by atoms with Gasteiger partial charge < -0.3 is 15.7 Å². The molecule has 24 heavy (non-hydrogen) atoms. The van der Waals surface area contributed by atoms with Gasteiger partial charge in [0.1, 0.15) is 10.9 Å². The zero-order valence-electron chi connectivity index (χ0n) is 13.2. The number of nitrogens with one attached hydrogen (secondary N) is 2. The van der Waals surface area contributed by atoms with Crippen molar-refractivity contribution in [1.29, 1.82) is 5.26 Å². The number of amides is 2. The van der Waals surface area contributed by atoms with Crippen LogP contribution in [0.5, 0.6) is 0 Å². The van der Waals surface area contributed by atoms with E-state index in [1.54, 1.807) is 0 Å². The smallest absolute Gasteiger partial charge is 0.315 e. The lowest BCUT2D eigenvalue weighted by Crippen LogP contribution is -2.49. The Balaban J connectivity index is 1.54. The van der Waals surface area contributed by atoms with Crippen molar-refractivity contribution < 1.29 is 9.90 Å². The number of hydrogen-bond donors (Lipinski definition) is 3. The molecule has 3 N–H and O–H groups in total. The summed E-state index contributed by atoms with van der Waals surface area (Å²) in [5, 5.41) is 24.4. The van der Waals surface area contributed by atoms with Crippen LogP contribution in [0, 0.1) is 11.3 Å². The van der Waals surface area contributed by atoms with Crippen LogP contribution in [0.2, 0.25) is 0 Å². The summed E-state index contributed by atoms with van der Waals surface area (Å²) in [6.45, 7) is 0.708. The summed E-state index contributed by atoms with van der Waals surface area (Å²) in [4.78, 5) is 13.5. The zero-order valence-corrected chi connectivity index (χ0v) is 14.0. The number of carbonyl (C=O) groups is 1. The summed E-state index contributed by atoms with van der Waals surface area (Å²) in [5.41, 5.74) is 1.30. The molecule has 1 aromatic heterocycles. The molecule has 1 aliphatic carbocycles. The number of nitrogens with zero attached hydrogens (tertiary/aromatic N) is 1. The Labute approximate surface area is 144 Å². The van der Waals surface area contributed by atoms with Crippen molar-refractivity contribution in [2.45, 2.75) is 31.4 Å². The number of hydrogen-bond acceptors (Lipinski definition) is 4. The van der Waals surface area contributed by atoms with Crippen LogP contribution in [0.4, 0.5) is 4.79 Å². The molecule has 0 bridgehead atoms. The maximum absolute atomic E-state index is 11.8. The number of nitriles is 1.